The maximum absolute atomic E-state index is 12.3. The van der Waals surface area contributed by atoms with Crippen LogP contribution in [0.25, 0.3) is 11.0 Å². The van der Waals surface area contributed by atoms with E-state index in [0.717, 1.165) is 61.0 Å². The molecular formula is C24H30N4O3. The van der Waals surface area contributed by atoms with E-state index in [9.17, 15) is 4.79 Å². The highest BCUT2D eigenvalue weighted by atomic mass is 16.5. The Morgan fingerprint density at radius 2 is 1.84 bits per heavy atom. The Hall–Kier alpha value is -3.06. The molecule has 1 aromatic heterocycles. The van der Waals surface area contributed by atoms with Gasteiger partial charge in [0.05, 0.1) is 42.0 Å². The third-order valence-electron chi connectivity index (χ3n) is 5.70. The Balaban J connectivity index is 1.48. The molecule has 7 nitrogen and oxygen atoms in total. The van der Waals surface area contributed by atoms with Crippen molar-refractivity contribution in [1.82, 2.24) is 14.5 Å². The number of anilines is 1. The van der Waals surface area contributed by atoms with Gasteiger partial charge < -0.3 is 18.9 Å². The molecule has 1 fully saturated rings. The molecule has 1 aliphatic rings. The average molecular weight is 423 g/mol. The fourth-order valence-corrected chi connectivity index (χ4v) is 4.08. The molecule has 3 aromatic rings. The molecule has 1 saturated heterocycles. The van der Waals surface area contributed by atoms with Crippen LogP contribution in [0.5, 0.6) is 5.75 Å². The number of carbonyl (C=O) groups excluding carboxylic acids is 1. The fourth-order valence-electron chi connectivity index (χ4n) is 4.08. The molecule has 0 amide bonds. The standard InChI is InChI=1S/C24H30N4O3/c1-17(2)31-18-9-10-19(24(29)30-4)22(15-18)28-13-11-27(12-14-28)16-23-25-20-7-5-6-8-21(20)26(23)3/h5-10,15,17H,11-14,16H2,1-4H3. The van der Waals surface area contributed by atoms with Crippen LogP contribution in [0.4, 0.5) is 5.69 Å². The van der Waals surface area contributed by atoms with Crippen molar-refractivity contribution >= 4 is 22.7 Å². The normalized spacial score (nSPS) is 14.9. The van der Waals surface area contributed by atoms with Gasteiger partial charge in [0.25, 0.3) is 0 Å². The van der Waals surface area contributed by atoms with Gasteiger partial charge in [0.2, 0.25) is 0 Å². The minimum Gasteiger partial charge on any atom is -0.491 e. The second-order valence-electron chi connectivity index (χ2n) is 8.18. The first-order valence-electron chi connectivity index (χ1n) is 10.7. The Labute approximate surface area is 183 Å². The summed E-state index contributed by atoms with van der Waals surface area (Å²) in [7, 11) is 3.49. The second-order valence-corrected chi connectivity index (χ2v) is 8.18. The maximum Gasteiger partial charge on any atom is 0.339 e. The van der Waals surface area contributed by atoms with Gasteiger partial charge in [0, 0.05) is 39.3 Å². The first-order valence-corrected chi connectivity index (χ1v) is 10.7. The van der Waals surface area contributed by atoms with Crippen LogP contribution in [0.2, 0.25) is 0 Å². The minimum atomic E-state index is -0.326. The monoisotopic (exact) mass is 422 g/mol. The lowest BCUT2D eigenvalue weighted by atomic mass is 10.1. The van der Waals surface area contributed by atoms with Crippen molar-refractivity contribution in [3.05, 3.63) is 53.9 Å². The van der Waals surface area contributed by atoms with Crippen molar-refractivity contribution in [2.75, 3.05) is 38.2 Å². The molecule has 0 radical (unpaired) electrons. The number of para-hydroxylation sites is 2. The number of piperazine rings is 1. The predicted octanol–water partition coefficient (Wildman–Crippen LogP) is 3.47. The molecule has 0 saturated carbocycles. The zero-order chi connectivity index (χ0) is 22.0. The second kappa shape index (κ2) is 8.98. The topological polar surface area (TPSA) is 59.8 Å². The van der Waals surface area contributed by atoms with Crippen LogP contribution in [-0.4, -0.2) is 59.8 Å². The Kier molecular flexibility index (Phi) is 6.13. The fraction of sp³-hybridized carbons (Fsp3) is 0.417. The smallest absolute Gasteiger partial charge is 0.339 e. The van der Waals surface area contributed by atoms with Crippen molar-refractivity contribution in [2.24, 2.45) is 7.05 Å². The number of esters is 1. The summed E-state index contributed by atoms with van der Waals surface area (Å²) >= 11 is 0. The Morgan fingerprint density at radius 3 is 2.52 bits per heavy atom. The number of nitrogens with zero attached hydrogens (tertiary/aromatic N) is 4. The van der Waals surface area contributed by atoms with E-state index >= 15 is 0 Å². The highest BCUT2D eigenvalue weighted by molar-refractivity contribution is 5.96. The first kappa shape index (κ1) is 21.2. The number of imidazole rings is 1. The van der Waals surface area contributed by atoms with Crippen molar-refractivity contribution < 1.29 is 14.3 Å². The molecule has 2 aromatic carbocycles. The zero-order valence-electron chi connectivity index (χ0n) is 18.7. The molecule has 0 spiro atoms. The highest BCUT2D eigenvalue weighted by Crippen LogP contribution is 2.29. The van der Waals surface area contributed by atoms with Crippen molar-refractivity contribution in [3.63, 3.8) is 0 Å². The molecule has 7 heteroatoms. The number of fused-ring (bicyclic) bond motifs is 1. The largest absolute Gasteiger partial charge is 0.491 e. The van der Waals surface area contributed by atoms with E-state index in [1.165, 1.54) is 7.11 Å². The third kappa shape index (κ3) is 4.51. The van der Waals surface area contributed by atoms with Gasteiger partial charge >= 0.3 is 5.97 Å². The van der Waals surface area contributed by atoms with Crippen LogP contribution in [0.1, 0.15) is 30.0 Å². The first-order chi connectivity index (χ1) is 15.0. The highest BCUT2D eigenvalue weighted by Gasteiger charge is 2.24. The summed E-state index contributed by atoms with van der Waals surface area (Å²) in [5.74, 6) is 1.50. The van der Waals surface area contributed by atoms with Gasteiger partial charge in [0.15, 0.2) is 0 Å². The number of ether oxygens (including phenoxy) is 2. The number of carbonyl (C=O) groups is 1. The van der Waals surface area contributed by atoms with Gasteiger partial charge in [-0.1, -0.05) is 12.1 Å². The van der Waals surface area contributed by atoms with E-state index in [1.54, 1.807) is 6.07 Å². The molecule has 4 rings (SSSR count). The van der Waals surface area contributed by atoms with Crippen LogP contribution in [-0.2, 0) is 18.3 Å². The molecule has 1 aliphatic heterocycles. The molecule has 31 heavy (non-hydrogen) atoms. The van der Waals surface area contributed by atoms with E-state index in [4.69, 9.17) is 14.5 Å². The number of hydrogen-bond donors (Lipinski definition) is 0. The number of hydrogen-bond acceptors (Lipinski definition) is 6. The third-order valence-corrected chi connectivity index (χ3v) is 5.70. The molecule has 0 unspecified atom stereocenters. The quantitative estimate of drug-likeness (QED) is 0.567. The lowest BCUT2D eigenvalue weighted by molar-refractivity contribution is 0.0601. The molecular weight excluding hydrogens is 392 g/mol. The van der Waals surface area contributed by atoms with Gasteiger partial charge in [-0.25, -0.2) is 9.78 Å². The van der Waals surface area contributed by atoms with Crippen molar-refractivity contribution in [3.8, 4) is 5.75 Å². The summed E-state index contributed by atoms with van der Waals surface area (Å²) in [6, 6.07) is 13.8. The molecule has 164 valence electrons. The van der Waals surface area contributed by atoms with E-state index in [0.29, 0.717) is 5.56 Å². The summed E-state index contributed by atoms with van der Waals surface area (Å²) in [6.45, 7) is 8.21. The van der Waals surface area contributed by atoms with Gasteiger partial charge in [-0.15, -0.1) is 0 Å². The van der Waals surface area contributed by atoms with E-state index < -0.39 is 0 Å². The Bertz CT molecular complexity index is 1070. The summed E-state index contributed by atoms with van der Waals surface area (Å²) < 4.78 is 13.0. The van der Waals surface area contributed by atoms with Gasteiger partial charge in [-0.2, -0.15) is 0 Å². The molecule has 0 N–H and O–H groups in total. The lowest BCUT2D eigenvalue weighted by Crippen LogP contribution is -2.46. The van der Waals surface area contributed by atoms with Crippen molar-refractivity contribution in [1.29, 1.82) is 0 Å². The lowest BCUT2D eigenvalue weighted by Gasteiger charge is -2.36. The van der Waals surface area contributed by atoms with Crippen LogP contribution >= 0.6 is 0 Å². The Morgan fingerprint density at radius 1 is 1.10 bits per heavy atom. The van der Waals surface area contributed by atoms with Crippen LogP contribution in [0, 0.1) is 0 Å². The van der Waals surface area contributed by atoms with Crippen LogP contribution in [0.15, 0.2) is 42.5 Å². The predicted molar refractivity (Wildman–Crippen MR) is 122 cm³/mol. The molecule has 0 bridgehead atoms. The number of benzene rings is 2. The van der Waals surface area contributed by atoms with Gasteiger partial charge in [-0.3, -0.25) is 4.90 Å². The molecule has 2 heterocycles. The summed E-state index contributed by atoms with van der Waals surface area (Å²) in [5.41, 5.74) is 3.62. The summed E-state index contributed by atoms with van der Waals surface area (Å²) in [5, 5.41) is 0. The van der Waals surface area contributed by atoms with E-state index in [2.05, 4.69) is 33.5 Å². The molecule has 0 aliphatic carbocycles. The van der Waals surface area contributed by atoms with Crippen LogP contribution < -0.4 is 9.64 Å². The summed E-state index contributed by atoms with van der Waals surface area (Å²) in [4.78, 5) is 21.8. The maximum atomic E-state index is 12.3. The summed E-state index contributed by atoms with van der Waals surface area (Å²) in [6.07, 6.45) is 0.0713. The van der Waals surface area contributed by atoms with Crippen LogP contribution in [0.3, 0.4) is 0 Å². The average Bonchev–Trinajstić information content (AvgIpc) is 3.09. The van der Waals surface area contributed by atoms with E-state index in [-0.39, 0.29) is 12.1 Å². The van der Waals surface area contributed by atoms with Gasteiger partial charge in [-0.05, 0) is 38.1 Å². The van der Waals surface area contributed by atoms with Gasteiger partial charge in [0.1, 0.15) is 11.6 Å². The molecule has 0 atom stereocenters. The number of rotatable bonds is 6. The zero-order valence-corrected chi connectivity index (χ0v) is 18.7. The van der Waals surface area contributed by atoms with E-state index in [1.807, 2.05) is 38.1 Å². The number of methoxy groups -OCH3 is 1. The number of aromatic nitrogens is 2. The minimum absolute atomic E-state index is 0.0713. The SMILES string of the molecule is COC(=O)c1ccc(OC(C)C)cc1N1CCN(Cc2nc3ccccc3n2C)CC1. The number of aryl methyl sites for hydroxylation is 1. The van der Waals surface area contributed by atoms with Crippen molar-refractivity contribution in [2.45, 2.75) is 26.5 Å².